The standard InChI is InChI=1S/C12H21ClN4O/c1-3-4-5-6-7-8-9-18-12-16-10(13)15-11(14-2)17-12/h3-9H2,1-2H3,(H,14,15,16,17). The molecule has 0 atom stereocenters. The van der Waals surface area contributed by atoms with Crippen LogP contribution in [-0.2, 0) is 0 Å². The van der Waals surface area contributed by atoms with Gasteiger partial charge in [-0.3, -0.25) is 0 Å². The van der Waals surface area contributed by atoms with Crippen LogP contribution in [0.3, 0.4) is 0 Å². The van der Waals surface area contributed by atoms with E-state index in [1.807, 2.05) is 0 Å². The number of hydrogen-bond acceptors (Lipinski definition) is 5. The number of unbranched alkanes of at least 4 members (excludes halogenated alkanes) is 5. The molecule has 0 amide bonds. The summed E-state index contributed by atoms with van der Waals surface area (Å²) >= 11 is 5.74. The molecule has 0 aliphatic heterocycles. The van der Waals surface area contributed by atoms with E-state index in [0.29, 0.717) is 12.6 Å². The molecule has 0 aliphatic carbocycles. The average Bonchev–Trinajstić information content (AvgIpc) is 2.37. The largest absolute Gasteiger partial charge is 0.463 e. The molecule has 0 bridgehead atoms. The third-order valence-electron chi connectivity index (χ3n) is 2.54. The molecule has 0 saturated heterocycles. The first kappa shape index (κ1) is 15.0. The molecule has 0 spiro atoms. The number of nitrogens with zero attached hydrogens (tertiary/aromatic N) is 3. The second kappa shape index (κ2) is 8.91. The summed E-state index contributed by atoms with van der Waals surface area (Å²) in [5, 5.41) is 2.95. The average molecular weight is 273 g/mol. The Hall–Kier alpha value is -1.10. The number of anilines is 1. The fraction of sp³-hybridized carbons (Fsp3) is 0.750. The highest BCUT2D eigenvalue weighted by molar-refractivity contribution is 6.28. The predicted molar refractivity (Wildman–Crippen MR) is 73.3 cm³/mol. The lowest BCUT2D eigenvalue weighted by Gasteiger charge is -2.05. The number of ether oxygens (including phenoxy) is 1. The molecule has 0 aliphatic rings. The van der Waals surface area contributed by atoms with E-state index in [4.69, 9.17) is 16.3 Å². The van der Waals surface area contributed by atoms with Crippen LogP contribution in [0.25, 0.3) is 0 Å². The molecule has 1 aromatic rings. The lowest BCUT2D eigenvalue weighted by Crippen LogP contribution is -2.05. The molecule has 0 aromatic carbocycles. The molecule has 102 valence electrons. The van der Waals surface area contributed by atoms with Crippen molar-refractivity contribution in [3.63, 3.8) is 0 Å². The van der Waals surface area contributed by atoms with Gasteiger partial charge in [-0.1, -0.05) is 39.0 Å². The zero-order chi connectivity index (χ0) is 13.2. The molecule has 0 radical (unpaired) electrons. The van der Waals surface area contributed by atoms with Crippen molar-refractivity contribution in [2.45, 2.75) is 45.4 Å². The maximum Gasteiger partial charge on any atom is 0.322 e. The first-order chi connectivity index (χ1) is 8.76. The first-order valence-corrected chi connectivity index (χ1v) is 6.86. The van der Waals surface area contributed by atoms with E-state index in [-0.39, 0.29) is 11.3 Å². The molecule has 1 aromatic heterocycles. The number of nitrogens with one attached hydrogen (secondary N) is 1. The number of halogens is 1. The van der Waals surface area contributed by atoms with Crippen LogP contribution in [0.2, 0.25) is 5.28 Å². The zero-order valence-corrected chi connectivity index (χ0v) is 11.8. The molecule has 18 heavy (non-hydrogen) atoms. The lowest BCUT2D eigenvalue weighted by atomic mass is 10.1. The molecule has 0 fully saturated rings. The van der Waals surface area contributed by atoms with Gasteiger partial charge in [-0.2, -0.15) is 15.0 Å². The fourth-order valence-electron chi connectivity index (χ4n) is 1.55. The van der Waals surface area contributed by atoms with E-state index in [1.165, 1.54) is 32.1 Å². The van der Waals surface area contributed by atoms with Crippen molar-refractivity contribution >= 4 is 17.5 Å². The summed E-state index contributed by atoms with van der Waals surface area (Å²) in [6.07, 6.45) is 7.34. The van der Waals surface area contributed by atoms with Crippen LogP contribution >= 0.6 is 11.6 Å². The minimum absolute atomic E-state index is 0.146. The van der Waals surface area contributed by atoms with Gasteiger partial charge in [0.05, 0.1) is 6.61 Å². The fourth-order valence-corrected chi connectivity index (χ4v) is 1.71. The molecule has 1 heterocycles. The molecule has 6 heteroatoms. The molecule has 1 rings (SSSR count). The van der Waals surface area contributed by atoms with Crippen LogP contribution in [0.5, 0.6) is 6.01 Å². The SMILES string of the molecule is CCCCCCCCOc1nc(Cl)nc(NC)n1. The third kappa shape index (κ3) is 6.00. The first-order valence-electron chi connectivity index (χ1n) is 6.48. The Morgan fingerprint density at radius 3 is 2.50 bits per heavy atom. The molecular formula is C12H21ClN4O. The second-order valence-corrected chi connectivity index (χ2v) is 4.41. The van der Waals surface area contributed by atoms with Crippen LogP contribution in [0, 0.1) is 0 Å². The highest BCUT2D eigenvalue weighted by Crippen LogP contribution is 2.11. The minimum Gasteiger partial charge on any atom is -0.463 e. The summed E-state index contributed by atoms with van der Waals surface area (Å²) < 4.78 is 5.45. The van der Waals surface area contributed by atoms with Gasteiger partial charge in [0.25, 0.3) is 0 Å². The molecule has 5 nitrogen and oxygen atoms in total. The number of aromatic nitrogens is 3. The quantitative estimate of drug-likeness (QED) is 0.699. The monoisotopic (exact) mass is 272 g/mol. The van der Waals surface area contributed by atoms with Gasteiger partial charge >= 0.3 is 6.01 Å². The normalized spacial score (nSPS) is 10.4. The van der Waals surface area contributed by atoms with Crippen molar-refractivity contribution in [2.24, 2.45) is 0 Å². The summed E-state index contributed by atoms with van der Waals surface area (Å²) in [7, 11) is 1.73. The summed E-state index contributed by atoms with van der Waals surface area (Å²) in [5.74, 6) is 0.424. The third-order valence-corrected chi connectivity index (χ3v) is 2.71. The predicted octanol–water partition coefficient (Wildman–Crippen LogP) is 3.31. The smallest absolute Gasteiger partial charge is 0.322 e. The van der Waals surface area contributed by atoms with Gasteiger partial charge in [-0.15, -0.1) is 0 Å². The Morgan fingerprint density at radius 2 is 1.78 bits per heavy atom. The van der Waals surface area contributed by atoms with Crippen molar-refractivity contribution in [3.05, 3.63) is 5.28 Å². The van der Waals surface area contributed by atoms with Crippen LogP contribution in [0.1, 0.15) is 45.4 Å². The maximum atomic E-state index is 5.74. The Morgan fingerprint density at radius 1 is 1.06 bits per heavy atom. The van der Waals surface area contributed by atoms with E-state index in [2.05, 4.69) is 27.2 Å². The van der Waals surface area contributed by atoms with Gasteiger partial charge in [0.2, 0.25) is 11.2 Å². The second-order valence-electron chi connectivity index (χ2n) is 4.08. The van der Waals surface area contributed by atoms with Gasteiger partial charge < -0.3 is 10.1 Å². The Kier molecular flexibility index (Phi) is 7.41. The number of rotatable bonds is 9. The Balaban J connectivity index is 2.20. The highest BCUT2D eigenvalue weighted by atomic mass is 35.5. The van der Waals surface area contributed by atoms with E-state index in [0.717, 1.165) is 6.42 Å². The summed E-state index contributed by atoms with van der Waals surface area (Å²) in [4.78, 5) is 11.9. The van der Waals surface area contributed by atoms with Crippen molar-refractivity contribution in [3.8, 4) is 6.01 Å². The van der Waals surface area contributed by atoms with E-state index in [1.54, 1.807) is 7.05 Å². The van der Waals surface area contributed by atoms with Gasteiger partial charge in [0.1, 0.15) is 0 Å². The summed E-state index contributed by atoms with van der Waals surface area (Å²) in [6.45, 7) is 2.84. The van der Waals surface area contributed by atoms with Crippen LogP contribution in [0.4, 0.5) is 5.95 Å². The van der Waals surface area contributed by atoms with Crippen LogP contribution in [-0.4, -0.2) is 28.6 Å². The number of hydrogen-bond donors (Lipinski definition) is 1. The van der Waals surface area contributed by atoms with Crippen molar-refractivity contribution in [2.75, 3.05) is 19.0 Å². The van der Waals surface area contributed by atoms with Crippen molar-refractivity contribution < 1.29 is 4.74 Å². The van der Waals surface area contributed by atoms with Gasteiger partial charge in [-0.05, 0) is 18.0 Å². The molecular weight excluding hydrogens is 252 g/mol. The highest BCUT2D eigenvalue weighted by Gasteiger charge is 2.04. The minimum atomic E-state index is 0.146. The van der Waals surface area contributed by atoms with Gasteiger partial charge in [-0.25, -0.2) is 0 Å². The summed E-state index contributed by atoms with van der Waals surface area (Å²) in [5.41, 5.74) is 0. The van der Waals surface area contributed by atoms with E-state index in [9.17, 15) is 0 Å². The van der Waals surface area contributed by atoms with Crippen molar-refractivity contribution in [1.82, 2.24) is 15.0 Å². The van der Waals surface area contributed by atoms with Gasteiger partial charge in [0, 0.05) is 7.05 Å². The Bertz CT molecular complexity index is 349. The lowest BCUT2D eigenvalue weighted by molar-refractivity contribution is 0.281. The van der Waals surface area contributed by atoms with Crippen LogP contribution in [0.15, 0.2) is 0 Å². The van der Waals surface area contributed by atoms with Crippen LogP contribution < -0.4 is 10.1 Å². The maximum absolute atomic E-state index is 5.74. The zero-order valence-electron chi connectivity index (χ0n) is 11.1. The molecule has 0 saturated carbocycles. The molecule has 1 N–H and O–H groups in total. The van der Waals surface area contributed by atoms with E-state index < -0.39 is 0 Å². The van der Waals surface area contributed by atoms with Gasteiger partial charge in [0.15, 0.2) is 0 Å². The van der Waals surface area contributed by atoms with E-state index >= 15 is 0 Å². The Labute approximate surface area is 113 Å². The summed E-state index contributed by atoms with van der Waals surface area (Å²) in [6, 6.07) is 0.285. The molecule has 0 unspecified atom stereocenters. The topological polar surface area (TPSA) is 59.9 Å². The van der Waals surface area contributed by atoms with Crippen molar-refractivity contribution in [1.29, 1.82) is 0 Å².